The lowest BCUT2D eigenvalue weighted by molar-refractivity contribution is -0.115. The number of rotatable bonds is 5. The molecule has 0 fully saturated rings. The van der Waals surface area contributed by atoms with Crippen LogP contribution in [0.5, 0.6) is 5.75 Å². The number of fused-ring (bicyclic) bond motifs is 2. The Bertz CT molecular complexity index is 1790. The highest BCUT2D eigenvalue weighted by atomic mass is 19.1. The lowest BCUT2D eigenvalue weighted by Crippen LogP contribution is -2.09. The second-order valence-electron chi connectivity index (χ2n) is 8.39. The van der Waals surface area contributed by atoms with Gasteiger partial charge in [-0.05, 0) is 30.3 Å². The van der Waals surface area contributed by atoms with Crippen LogP contribution in [0, 0.1) is 5.82 Å². The third-order valence-electron chi connectivity index (χ3n) is 5.87. The molecule has 10 nitrogen and oxygen atoms in total. The maximum atomic E-state index is 13.9. The first-order valence-electron chi connectivity index (χ1n) is 11.4. The number of carbonyl (C=O) groups is 1. The molecule has 5 aromatic heterocycles. The Morgan fingerprint density at radius 1 is 1.03 bits per heavy atom. The molecule has 0 aliphatic heterocycles. The van der Waals surface area contributed by atoms with Crippen molar-refractivity contribution < 1.29 is 14.3 Å². The highest BCUT2D eigenvalue weighted by Gasteiger charge is 2.17. The minimum atomic E-state index is -0.573. The second kappa shape index (κ2) is 8.79. The number of nitrogens with one attached hydrogen (secondary N) is 3. The van der Waals surface area contributed by atoms with Crippen LogP contribution in [-0.4, -0.2) is 46.1 Å². The topological polar surface area (TPSA) is 145 Å². The van der Waals surface area contributed by atoms with E-state index in [1.807, 2.05) is 12.1 Å². The van der Waals surface area contributed by atoms with E-state index in [4.69, 9.17) is 4.98 Å². The molecule has 5 heterocycles. The number of aromatic amines is 2. The third kappa shape index (κ3) is 4.12. The van der Waals surface area contributed by atoms with Crippen LogP contribution in [0.3, 0.4) is 0 Å². The van der Waals surface area contributed by atoms with Crippen molar-refractivity contribution in [3.63, 3.8) is 0 Å². The van der Waals surface area contributed by atoms with Gasteiger partial charge in [0.25, 0.3) is 0 Å². The van der Waals surface area contributed by atoms with Crippen molar-refractivity contribution in [2.24, 2.45) is 0 Å². The molecule has 0 aliphatic carbocycles. The fourth-order valence-corrected chi connectivity index (χ4v) is 4.12. The predicted molar refractivity (Wildman–Crippen MR) is 136 cm³/mol. The summed E-state index contributed by atoms with van der Waals surface area (Å²) >= 11 is 0. The van der Waals surface area contributed by atoms with Crippen molar-refractivity contribution in [1.82, 2.24) is 35.1 Å². The molecular formula is C26H19FN8O2. The smallest absolute Gasteiger partial charge is 0.224 e. The van der Waals surface area contributed by atoms with Crippen LogP contribution in [0.1, 0.15) is 13.3 Å². The van der Waals surface area contributed by atoms with Gasteiger partial charge in [-0.1, -0.05) is 6.92 Å². The van der Waals surface area contributed by atoms with Gasteiger partial charge >= 0.3 is 0 Å². The molecule has 0 saturated heterocycles. The summed E-state index contributed by atoms with van der Waals surface area (Å²) in [6.45, 7) is 1.78. The maximum Gasteiger partial charge on any atom is 0.224 e. The molecule has 6 aromatic rings. The van der Waals surface area contributed by atoms with Crippen molar-refractivity contribution in [3.05, 3.63) is 67.0 Å². The Labute approximate surface area is 208 Å². The number of nitrogens with zero attached hydrogens (tertiary/aromatic N) is 5. The van der Waals surface area contributed by atoms with E-state index in [2.05, 4.69) is 35.5 Å². The van der Waals surface area contributed by atoms with Gasteiger partial charge in [0.2, 0.25) is 5.91 Å². The normalized spacial score (nSPS) is 11.3. The number of amides is 1. The largest absolute Gasteiger partial charge is 0.508 e. The van der Waals surface area contributed by atoms with Crippen molar-refractivity contribution >= 4 is 33.5 Å². The Balaban J connectivity index is 1.43. The summed E-state index contributed by atoms with van der Waals surface area (Å²) in [7, 11) is 0. The van der Waals surface area contributed by atoms with Crippen LogP contribution in [0.2, 0.25) is 0 Å². The van der Waals surface area contributed by atoms with E-state index in [1.165, 1.54) is 12.1 Å². The molecule has 6 rings (SSSR count). The van der Waals surface area contributed by atoms with Gasteiger partial charge < -0.3 is 15.4 Å². The summed E-state index contributed by atoms with van der Waals surface area (Å²) in [4.78, 5) is 32.9. The minimum absolute atomic E-state index is 0.105. The average molecular weight is 494 g/mol. The summed E-state index contributed by atoms with van der Waals surface area (Å²) in [6, 6.07) is 9.20. The summed E-state index contributed by atoms with van der Waals surface area (Å²) < 4.78 is 13.9. The number of halogens is 1. The number of H-pyrrole nitrogens is 2. The van der Waals surface area contributed by atoms with Gasteiger partial charge in [-0.15, -0.1) is 0 Å². The second-order valence-corrected chi connectivity index (χ2v) is 8.39. The van der Waals surface area contributed by atoms with E-state index in [9.17, 15) is 14.3 Å². The van der Waals surface area contributed by atoms with E-state index in [-0.39, 0.29) is 11.7 Å². The Morgan fingerprint density at radius 3 is 2.76 bits per heavy atom. The van der Waals surface area contributed by atoms with Gasteiger partial charge in [0.1, 0.15) is 22.8 Å². The molecule has 0 bridgehead atoms. The quantitative estimate of drug-likeness (QED) is 0.269. The fourth-order valence-electron chi connectivity index (χ4n) is 4.12. The maximum absolute atomic E-state index is 13.9. The average Bonchev–Trinajstić information content (AvgIpc) is 3.51. The number of phenols is 1. The summed E-state index contributed by atoms with van der Waals surface area (Å²) in [5.74, 6) is -0.395. The van der Waals surface area contributed by atoms with E-state index < -0.39 is 5.82 Å². The molecule has 4 N–H and O–H groups in total. The lowest BCUT2D eigenvalue weighted by atomic mass is 10.1. The molecular weight excluding hydrogens is 475 g/mol. The molecule has 37 heavy (non-hydrogen) atoms. The van der Waals surface area contributed by atoms with Crippen molar-refractivity contribution in [2.45, 2.75) is 13.3 Å². The van der Waals surface area contributed by atoms with Crippen LogP contribution in [0.4, 0.5) is 10.1 Å². The monoisotopic (exact) mass is 494 g/mol. The Kier molecular flexibility index (Phi) is 5.29. The molecule has 1 amide bonds. The molecule has 0 unspecified atom stereocenters. The summed E-state index contributed by atoms with van der Waals surface area (Å²) in [6.07, 6.45) is 6.87. The highest BCUT2D eigenvalue weighted by molar-refractivity contribution is 5.97. The van der Waals surface area contributed by atoms with E-state index >= 15 is 0 Å². The number of imidazole rings is 1. The van der Waals surface area contributed by atoms with Crippen LogP contribution in [-0.2, 0) is 4.79 Å². The number of hydrogen-bond acceptors (Lipinski definition) is 7. The van der Waals surface area contributed by atoms with Crippen molar-refractivity contribution in [2.75, 3.05) is 5.32 Å². The molecule has 0 atom stereocenters. The van der Waals surface area contributed by atoms with Gasteiger partial charge in [-0.2, -0.15) is 5.10 Å². The molecule has 0 aliphatic rings. The van der Waals surface area contributed by atoms with Crippen LogP contribution in [0.25, 0.3) is 56.0 Å². The van der Waals surface area contributed by atoms with E-state index in [0.717, 1.165) is 17.0 Å². The Morgan fingerprint density at radius 2 is 1.92 bits per heavy atom. The first-order chi connectivity index (χ1) is 18.0. The van der Waals surface area contributed by atoms with Gasteiger partial charge in [0, 0.05) is 41.4 Å². The number of hydrogen-bond donors (Lipinski definition) is 4. The number of aromatic hydroxyl groups is 1. The molecule has 1 aromatic carbocycles. The predicted octanol–water partition coefficient (Wildman–Crippen LogP) is 4.82. The Hall–Kier alpha value is -5.19. The molecule has 0 radical (unpaired) electrons. The number of carbonyl (C=O) groups excluding carboxylic acids is 1. The SMILES string of the molecule is CCC(=O)Nc1cncc(-c2cc3c(-c4nc5c(-c6cc(O)cc(F)c6)nccc5[nH]4)n[nH]c3cn2)c1. The first kappa shape index (κ1) is 22.3. The summed E-state index contributed by atoms with van der Waals surface area (Å²) in [5.41, 5.74) is 5.24. The van der Waals surface area contributed by atoms with Gasteiger partial charge in [0.15, 0.2) is 5.82 Å². The van der Waals surface area contributed by atoms with Gasteiger partial charge in [0.05, 0.1) is 40.5 Å². The van der Waals surface area contributed by atoms with Gasteiger partial charge in [-0.3, -0.25) is 24.8 Å². The zero-order chi connectivity index (χ0) is 25.5. The summed E-state index contributed by atoms with van der Waals surface area (Å²) in [5, 5.41) is 20.8. The van der Waals surface area contributed by atoms with E-state index in [0.29, 0.717) is 57.1 Å². The van der Waals surface area contributed by atoms with Crippen LogP contribution < -0.4 is 5.32 Å². The zero-order valence-electron chi connectivity index (χ0n) is 19.5. The fraction of sp³-hybridized carbons (Fsp3) is 0.0769. The number of aromatic nitrogens is 7. The lowest BCUT2D eigenvalue weighted by Gasteiger charge is -2.06. The number of pyridine rings is 3. The van der Waals surface area contributed by atoms with E-state index in [1.54, 1.807) is 37.8 Å². The standard InChI is InChI=1S/C26H19FN8O2/c1-2-22(37)31-16-6-14(10-28-11-16)20-9-18-21(12-30-20)34-35-24(18)26-32-19-3-4-29-23(25(19)33-26)13-5-15(27)8-17(36)7-13/h3-12,36H,2H2,1H3,(H,31,37)(H,32,33)(H,34,35). The van der Waals surface area contributed by atoms with Crippen LogP contribution >= 0.6 is 0 Å². The van der Waals surface area contributed by atoms with Crippen molar-refractivity contribution in [1.29, 1.82) is 0 Å². The zero-order valence-corrected chi connectivity index (χ0v) is 19.5. The molecule has 0 saturated carbocycles. The number of benzene rings is 1. The first-order valence-corrected chi connectivity index (χ1v) is 11.4. The molecule has 182 valence electrons. The van der Waals surface area contributed by atoms with Gasteiger partial charge in [-0.25, -0.2) is 9.37 Å². The highest BCUT2D eigenvalue weighted by Crippen LogP contribution is 2.33. The van der Waals surface area contributed by atoms with Crippen molar-refractivity contribution in [3.8, 4) is 39.8 Å². The molecule has 0 spiro atoms. The number of anilines is 1. The third-order valence-corrected chi connectivity index (χ3v) is 5.87. The molecule has 11 heteroatoms. The number of phenolic OH excluding ortho intramolecular Hbond substituents is 1. The minimum Gasteiger partial charge on any atom is -0.508 e. The van der Waals surface area contributed by atoms with Crippen LogP contribution in [0.15, 0.2) is 61.2 Å².